The molecule has 1 aromatic carbocycles. The molecule has 0 saturated carbocycles. The van der Waals surface area contributed by atoms with Crippen LogP contribution in [0.4, 0.5) is 0 Å². The van der Waals surface area contributed by atoms with E-state index in [-0.39, 0.29) is 18.2 Å². The Bertz CT molecular complexity index is 891. The summed E-state index contributed by atoms with van der Waals surface area (Å²) in [7, 11) is 0. The van der Waals surface area contributed by atoms with Gasteiger partial charge in [0.05, 0.1) is 12.6 Å². The lowest BCUT2D eigenvalue weighted by Crippen LogP contribution is -2.40. The average molecular weight is 370 g/mol. The van der Waals surface area contributed by atoms with Crippen LogP contribution in [0.15, 0.2) is 47.5 Å². The molecule has 0 unspecified atom stereocenters. The smallest absolute Gasteiger partial charge is 0.341 e. The van der Waals surface area contributed by atoms with E-state index < -0.39 is 22.9 Å². The Balaban J connectivity index is 1.92. The third-order valence-corrected chi connectivity index (χ3v) is 4.89. The van der Waals surface area contributed by atoms with E-state index in [1.54, 1.807) is 4.57 Å². The van der Waals surface area contributed by atoms with E-state index in [1.807, 2.05) is 30.3 Å². The zero-order valence-corrected chi connectivity index (χ0v) is 14.9. The molecule has 1 aliphatic rings. The lowest BCUT2D eigenvalue weighted by atomic mass is 10.1. The lowest BCUT2D eigenvalue weighted by molar-refractivity contribution is 0.0674. The van der Waals surface area contributed by atoms with E-state index in [4.69, 9.17) is 0 Å². The number of aromatic nitrogens is 1. The Morgan fingerprint density at radius 1 is 1.11 bits per heavy atom. The molecule has 1 saturated heterocycles. The Labute approximate surface area is 156 Å². The molecular formula is C20H22N2O5. The number of hydrogen-bond donors (Lipinski definition) is 2. The molecule has 2 N–H and O–H groups in total. The van der Waals surface area contributed by atoms with Crippen molar-refractivity contribution >= 4 is 11.9 Å². The Hall–Kier alpha value is -2.93. The molecular weight excluding hydrogens is 348 g/mol. The molecule has 7 nitrogen and oxygen atoms in total. The number of aromatic carboxylic acids is 1. The van der Waals surface area contributed by atoms with Gasteiger partial charge in [-0.25, -0.2) is 4.79 Å². The van der Waals surface area contributed by atoms with Crippen molar-refractivity contribution in [1.82, 2.24) is 9.47 Å². The zero-order chi connectivity index (χ0) is 19.4. The number of rotatable bonds is 6. The maximum Gasteiger partial charge on any atom is 0.341 e. The van der Waals surface area contributed by atoms with Crippen LogP contribution < -0.4 is 5.43 Å². The molecule has 1 amide bonds. The Morgan fingerprint density at radius 3 is 2.48 bits per heavy atom. The van der Waals surface area contributed by atoms with Crippen molar-refractivity contribution in [3.63, 3.8) is 0 Å². The van der Waals surface area contributed by atoms with Gasteiger partial charge in [0, 0.05) is 25.5 Å². The van der Waals surface area contributed by atoms with E-state index in [0.29, 0.717) is 25.9 Å². The predicted octanol–water partition coefficient (Wildman–Crippen LogP) is 1.39. The zero-order valence-electron chi connectivity index (χ0n) is 14.9. The number of nitrogens with zero attached hydrogens (tertiary/aromatic N) is 2. The largest absolute Gasteiger partial charge is 0.477 e. The number of amides is 1. The van der Waals surface area contributed by atoms with Crippen molar-refractivity contribution in [3.8, 4) is 0 Å². The molecule has 1 aromatic heterocycles. The van der Waals surface area contributed by atoms with Gasteiger partial charge in [-0.15, -0.1) is 0 Å². The number of hydrogen-bond acceptors (Lipinski definition) is 4. The molecule has 3 rings (SSSR count). The summed E-state index contributed by atoms with van der Waals surface area (Å²) < 4.78 is 1.58. The number of aliphatic hydroxyl groups excluding tert-OH is 1. The standard InChI is InChI=1S/C20H22N2O5/c23-13-15-7-4-9-22(15)19(25)16-11-21(12-17(18(16)24)20(26)27)10-8-14-5-2-1-3-6-14/h1-3,5-6,11-12,15,23H,4,7-10,13H2,(H,26,27)/t15-/m0/s1. The van der Waals surface area contributed by atoms with Crippen molar-refractivity contribution in [3.05, 3.63) is 69.6 Å². The van der Waals surface area contributed by atoms with E-state index in [9.17, 15) is 24.6 Å². The van der Waals surface area contributed by atoms with Gasteiger partial charge < -0.3 is 19.7 Å². The second-order valence-corrected chi connectivity index (χ2v) is 6.67. The summed E-state index contributed by atoms with van der Waals surface area (Å²) in [6.45, 7) is 0.714. The fraction of sp³-hybridized carbons (Fsp3) is 0.350. The quantitative estimate of drug-likeness (QED) is 0.800. The Morgan fingerprint density at radius 2 is 1.81 bits per heavy atom. The minimum Gasteiger partial charge on any atom is -0.477 e. The molecule has 1 atom stereocenters. The summed E-state index contributed by atoms with van der Waals surface area (Å²) in [5, 5.41) is 18.8. The van der Waals surface area contributed by atoms with Crippen LogP contribution in [-0.4, -0.2) is 50.8 Å². The normalized spacial score (nSPS) is 16.5. The number of carbonyl (C=O) groups is 2. The first-order valence-electron chi connectivity index (χ1n) is 8.94. The summed E-state index contributed by atoms with van der Waals surface area (Å²) in [5.41, 5.74) is -0.301. The number of carboxylic acids is 1. The van der Waals surface area contributed by atoms with Crippen molar-refractivity contribution in [2.24, 2.45) is 0 Å². The molecule has 27 heavy (non-hydrogen) atoms. The lowest BCUT2D eigenvalue weighted by Gasteiger charge is -2.23. The van der Waals surface area contributed by atoms with Crippen molar-refractivity contribution < 1.29 is 19.8 Å². The van der Waals surface area contributed by atoms with Crippen LogP contribution in [0.5, 0.6) is 0 Å². The van der Waals surface area contributed by atoms with Crippen LogP contribution in [0.3, 0.4) is 0 Å². The molecule has 142 valence electrons. The van der Waals surface area contributed by atoms with Crippen LogP contribution in [0, 0.1) is 0 Å². The molecule has 2 heterocycles. The molecule has 7 heteroatoms. The summed E-state index contributed by atoms with van der Waals surface area (Å²) in [4.78, 5) is 38.3. The molecule has 2 aromatic rings. The SMILES string of the molecule is O=C(O)c1cn(CCc2ccccc2)cc(C(=O)N2CCC[C@H]2CO)c1=O. The maximum atomic E-state index is 12.8. The minimum absolute atomic E-state index is 0.164. The first kappa shape index (κ1) is 18.8. The highest BCUT2D eigenvalue weighted by atomic mass is 16.4. The summed E-state index contributed by atoms with van der Waals surface area (Å²) >= 11 is 0. The number of likely N-dealkylation sites (tertiary alicyclic amines) is 1. The monoisotopic (exact) mass is 370 g/mol. The number of carboxylic acid groups (broad SMARTS) is 1. The highest BCUT2D eigenvalue weighted by molar-refractivity contribution is 5.97. The van der Waals surface area contributed by atoms with E-state index in [0.717, 1.165) is 12.0 Å². The van der Waals surface area contributed by atoms with Crippen LogP contribution in [0.25, 0.3) is 0 Å². The number of aryl methyl sites for hydroxylation is 2. The van der Waals surface area contributed by atoms with E-state index in [1.165, 1.54) is 17.3 Å². The van der Waals surface area contributed by atoms with Crippen molar-refractivity contribution in [2.45, 2.75) is 31.8 Å². The van der Waals surface area contributed by atoms with Gasteiger partial charge in [-0.05, 0) is 24.8 Å². The van der Waals surface area contributed by atoms with Gasteiger partial charge in [-0.3, -0.25) is 9.59 Å². The molecule has 1 aliphatic heterocycles. The van der Waals surface area contributed by atoms with Gasteiger partial charge in [0.15, 0.2) is 0 Å². The second kappa shape index (κ2) is 8.18. The first-order valence-corrected chi connectivity index (χ1v) is 8.94. The second-order valence-electron chi connectivity index (χ2n) is 6.67. The number of benzene rings is 1. The summed E-state index contributed by atoms with van der Waals surface area (Å²) in [6, 6.07) is 9.34. The van der Waals surface area contributed by atoms with Gasteiger partial charge in [0.2, 0.25) is 5.43 Å². The highest BCUT2D eigenvalue weighted by Crippen LogP contribution is 2.19. The number of carbonyl (C=O) groups excluding carboxylic acids is 1. The van der Waals surface area contributed by atoms with E-state index >= 15 is 0 Å². The number of aliphatic hydroxyl groups is 1. The topological polar surface area (TPSA) is 99.8 Å². The Kier molecular flexibility index (Phi) is 5.71. The van der Waals surface area contributed by atoms with Gasteiger partial charge >= 0.3 is 5.97 Å². The van der Waals surface area contributed by atoms with Crippen LogP contribution in [0.2, 0.25) is 0 Å². The maximum absolute atomic E-state index is 12.8. The van der Waals surface area contributed by atoms with Crippen LogP contribution in [-0.2, 0) is 13.0 Å². The average Bonchev–Trinajstić information content (AvgIpc) is 3.16. The summed E-state index contributed by atoms with van der Waals surface area (Å²) in [5.74, 6) is -1.88. The summed E-state index contributed by atoms with van der Waals surface area (Å²) in [6.07, 6.45) is 4.75. The van der Waals surface area contributed by atoms with Gasteiger partial charge in [0.25, 0.3) is 5.91 Å². The molecule has 0 spiro atoms. The van der Waals surface area contributed by atoms with Gasteiger partial charge in [-0.2, -0.15) is 0 Å². The van der Waals surface area contributed by atoms with Crippen molar-refractivity contribution in [1.29, 1.82) is 0 Å². The molecule has 0 bridgehead atoms. The minimum atomic E-state index is -1.36. The predicted molar refractivity (Wildman–Crippen MR) is 99.0 cm³/mol. The van der Waals surface area contributed by atoms with Gasteiger partial charge in [0.1, 0.15) is 11.1 Å². The third-order valence-electron chi connectivity index (χ3n) is 4.89. The fourth-order valence-electron chi connectivity index (χ4n) is 3.42. The van der Waals surface area contributed by atoms with Gasteiger partial charge in [-0.1, -0.05) is 30.3 Å². The molecule has 0 aliphatic carbocycles. The van der Waals surface area contributed by atoms with Crippen LogP contribution in [0.1, 0.15) is 39.1 Å². The molecule has 1 fully saturated rings. The fourth-order valence-corrected chi connectivity index (χ4v) is 3.42. The highest BCUT2D eigenvalue weighted by Gasteiger charge is 2.31. The van der Waals surface area contributed by atoms with E-state index in [2.05, 4.69) is 0 Å². The first-order chi connectivity index (χ1) is 13.0. The third kappa shape index (κ3) is 4.09. The van der Waals surface area contributed by atoms with Crippen LogP contribution >= 0.6 is 0 Å². The number of pyridine rings is 1. The van der Waals surface area contributed by atoms with Crippen molar-refractivity contribution in [2.75, 3.05) is 13.2 Å². The molecule has 0 radical (unpaired) electrons.